The van der Waals surface area contributed by atoms with Crippen molar-refractivity contribution >= 4 is 11.5 Å². The predicted molar refractivity (Wildman–Crippen MR) is 83.4 cm³/mol. The molecule has 0 bridgehead atoms. The minimum atomic E-state index is 0.510. The summed E-state index contributed by atoms with van der Waals surface area (Å²) in [5, 5.41) is 9.22. The van der Waals surface area contributed by atoms with E-state index in [0.29, 0.717) is 11.4 Å². The number of aryl methyl sites for hydroxylation is 1. The molecule has 0 aliphatic heterocycles. The molecule has 0 spiro atoms. The summed E-state index contributed by atoms with van der Waals surface area (Å²) in [4.78, 5) is 2.08. The maximum atomic E-state index is 9.22. The topological polar surface area (TPSA) is 58.0 Å². The van der Waals surface area contributed by atoms with Crippen LogP contribution in [0.4, 0.5) is 11.5 Å². The van der Waals surface area contributed by atoms with E-state index in [0.717, 1.165) is 22.6 Å². The van der Waals surface area contributed by atoms with Crippen LogP contribution in [-0.4, -0.2) is 18.7 Å². The highest BCUT2D eigenvalue weighted by Gasteiger charge is 2.17. The first-order valence-corrected chi connectivity index (χ1v) is 6.54. The standard InChI is InChI=1S/C16H20N4/c1-10-6-7-13(8-15(10)19(4)5)20-12(3)11(2)14(9-17)16(20)18/h6-8H,18H2,1-5H3. The van der Waals surface area contributed by atoms with Crippen LogP contribution in [0.5, 0.6) is 0 Å². The summed E-state index contributed by atoms with van der Waals surface area (Å²) >= 11 is 0. The third-order valence-corrected chi connectivity index (χ3v) is 3.79. The second-order valence-electron chi connectivity index (χ2n) is 5.28. The molecule has 0 fully saturated rings. The highest BCUT2D eigenvalue weighted by Crippen LogP contribution is 2.30. The van der Waals surface area contributed by atoms with Crippen LogP contribution in [0, 0.1) is 32.1 Å². The number of anilines is 2. The predicted octanol–water partition coefficient (Wildman–Crippen LogP) is 2.92. The summed E-state index contributed by atoms with van der Waals surface area (Å²) in [5.74, 6) is 0.510. The van der Waals surface area contributed by atoms with E-state index in [1.54, 1.807) is 0 Å². The smallest absolute Gasteiger partial charge is 0.126 e. The Bertz CT molecular complexity index is 702. The average molecular weight is 268 g/mol. The van der Waals surface area contributed by atoms with Gasteiger partial charge >= 0.3 is 0 Å². The number of nitrogen functional groups attached to an aromatic ring is 1. The van der Waals surface area contributed by atoms with Gasteiger partial charge in [0.25, 0.3) is 0 Å². The molecule has 1 aromatic carbocycles. The van der Waals surface area contributed by atoms with Crippen molar-refractivity contribution < 1.29 is 0 Å². The molecule has 0 atom stereocenters. The van der Waals surface area contributed by atoms with Gasteiger partial charge in [0.05, 0.1) is 5.56 Å². The van der Waals surface area contributed by atoms with Gasteiger partial charge in [-0.1, -0.05) is 6.07 Å². The van der Waals surface area contributed by atoms with Crippen LogP contribution in [0.15, 0.2) is 18.2 Å². The van der Waals surface area contributed by atoms with Gasteiger partial charge in [0.1, 0.15) is 11.9 Å². The monoisotopic (exact) mass is 268 g/mol. The second kappa shape index (κ2) is 4.93. The first-order valence-electron chi connectivity index (χ1n) is 6.54. The van der Waals surface area contributed by atoms with Crippen molar-refractivity contribution in [3.05, 3.63) is 40.6 Å². The average Bonchev–Trinajstić information content (AvgIpc) is 2.61. The number of aromatic nitrogens is 1. The van der Waals surface area contributed by atoms with Crippen molar-refractivity contribution in [2.45, 2.75) is 20.8 Å². The molecule has 0 saturated heterocycles. The Hall–Kier alpha value is -2.41. The minimum absolute atomic E-state index is 0.510. The Kier molecular flexibility index (Phi) is 3.46. The van der Waals surface area contributed by atoms with Crippen LogP contribution < -0.4 is 10.6 Å². The van der Waals surface area contributed by atoms with Crippen LogP contribution in [-0.2, 0) is 0 Å². The molecule has 104 valence electrons. The molecule has 20 heavy (non-hydrogen) atoms. The van der Waals surface area contributed by atoms with Gasteiger partial charge in [0, 0.05) is 31.2 Å². The van der Waals surface area contributed by atoms with Crippen molar-refractivity contribution in [3.8, 4) is 11.8 Å². The largest absolute Gasteiger partial charge is 0.384 e. The number of hydrogen-bond donors (Lipinski definition) is 1. The Balaban J connectivity index is 2.70. The lowest BCUT2D eigenvalue weighted by atomic mass is 10.1. The number of nitrogens with two attached hydrogens (primary N) is 1. The van der Waals surface area contributed by atoms with Gasteiger partial charge in [-0.3, -0.25) is 4.57 Å². The first kappa shape index (κ1) is 14.0. The van der Waals surface area contributed by atoms with Crippen molar-refractivity contribution in [3.63, 3.8) is 0 Å². The quantitative estimate of drug-likeness (QED) is 0.911. The molecule has 1 aromatic heterocycles. The Morgan fingerprint density at radius 3 is 2.35 bits per heavy atom. The van der Waals surface area contributed by atoms with E-state index >= 15 is 0 Å². The van der Waals surface area contributed by atoms with Gasteiger partial charge in [-0.05, 0) is 44.0 Å². The molecule has 4 nitrogen and oxygen atoms in total. The summed E-state index contributed by atoms with van der Waals surface area (Å²) < 4.78 is 1.94. The van der Waals surface area contributed by atoms with Gasteiger partial charge in [0.15, 0.2) is 0 Å². The van der Waals surface area contributed by atoms with E-state index in [2.05, 4.69) is 30.0 Å². The molecule has 0 radical (unpaired) electrons. The maximum Gasteiger partial charge on any atom is 0.126 e. The molecule has 4 heteroatoms. The fraction of sp³-hybridized carbons (Fsp3) is 0.312. The van der Waals surface area contributed by atoms with Gasteiger partial charge < -0.3 is 10.6 Å². The lowest BCUT2D eigenvalue weighted by molar-refractivity contribution is 1.01. The SMILES string of the molecule is Cc1ccc(-n2c(C)c(C)c(C#N)c2N)cc1N(C)C. The van der Waals surface area contributed by atoms with Gasteiger partial charge in [0.2, 0.25) is 0 Å². The lowest BCUT2D eigenvalue weighted by Gasteiger charge is -2.18. The zero-order chi connectivity index (χ0) is 15.0. The lowest BCUT2D eigenvalue weighted by Crippen LogP contribution is -2.11. The van der Waals surface area contributed by atoms with Crippen LogP contribution in [0.3, 0.4) is 0 Å². The van der Waals surface area contributed by atoms with E-state index in [4.69, 9.17) is 5.73 Å². The fourth-order valence-corrected chi connectivity index (χ4v) is 2.53. The maximum absolute atomic E-state index is 9.22. The Morgan fingerprint density at radius 1 is 1.20 bits per heavy atom. The second-order valence-corrected chi connectivity index (χ2v) is 5.28. The molecule has 0 amide bonds. The van der Waals surface area contributed by atoms with Crippen LogP contribution in [0.25, 0.3) is 5.69 Å². The molecule has 2 N–H and O–H groups in total. The molecule has 0 aliphatic rings. The van der Waals surface area contributed by atoms with Gasteiger partial charge in [-0.15, -0.1) is 0 Å². The molecule has 0 saturated carbocycles. The van der Waals surface area contributed by atoms with Gasteiger partial charge in [-0.2, -0.15) is 5.26 Å². The van der Waals surface area contributed by atoms with E-state index < -0.39 is 0 Å². The molecular weight excluding hydrogens is 248 g/mol. The number of hydrogen-bond acceptors (Lipinski definition) is 3. The van der Waals surface area contributed by atoms with Crippen LogP contribution in [0.2, 0.25) is 0 Å². The summed E-state index contributed by atoms with van der Waals surface area (Å²) in [6.45, 7) is 6.00. The minimum Gasteiger partial charge on any atom is -0.384 e. The van der Waals surface area contributed by atoms with Crippen molar-refractivity contribution in [1.29, 1.82) is 5.26 Å². The van der Waals surface area contributed by atoms with E-state index in [-0.39, 0.29) is 0 Å². The number of benzene rings is 1. The molecule has 2 aromatic rings. The summed E-state index contributed by atoms with van der Waals surface area (Å²) in [6, 6.07) is 8.39. The van der Waals surface area contributed by atoms with Crippen LogP contribution in [0.1, 0.15) is 22.4 Å². The summed E-state index contributed by atoms with van der Waals surface area (Å²) in [6.07, 6.45) is 0. The first-order chi connectivity index (χ1) is 9.38. The zero-order valence-electron chi connectivity index (χ0n) is 12.7. The normalized spacial score (nSPS) is 10.4. The molecule has 2 rings (SSSR count). The van der Waals surface area contributed by atoms with E-state index in [1.807, 2.05) is 38.6 Å². The number of nitrogens with zero attached hydrogens (tertiary/aromatic N) is 3. The molecule has 1 heterocycles. The third-order valence-electron chi connectivity index (χ3n) is 3.79. The number of rotatable bonds is 2. The third kappa shape index (κ3) is 2.01. The van der Waals surface area contributed by atoms with E-state index in [1.165, 1.54) is 5.56 Å². The van der Waals surface area contributed by atoms with Gasteiger partial charge in [-0.25, -0.2) is 0 Å². The summed E-state index contributed by atoms with van der Waals surface area (Å²) in [7, 11) is 4.04. The number of nitriles is 1. The Morgan fingerprint density at radius 2 is 1.85 bits per heavy atom. The van der Waals surface area contributed by atoms with Crippen molar-refractivity contribution in [1.82, 2.24) is 4.57 Å². The van der Waals surface area contributed by atoms with Crippen molar-refractivity contribution in [2.24, 2.45) is 0 Å². The Labute approximate surface area is 120 Å². The molecule has 0 aliphatic carbocycles. The van der Waals surface area contributed by atoms with E-state index in [9.17, 15) is 5.26 Å². The summed E-state index contributed by atoms with van der Waals surface area (Å²) in [5.41, 5.74) is 12.0. The van der Waals surface area contributed by atoms with Crippen molar-refractivity contribution in [2.75, 3.05) is 24.7 Å². The highest BCUT2D eigenvalue weighted by molar-refractivity contribution is 5.65. The van der Waals surface area contributed by atoms with Crippen LogP contribution >= 0.6 is 0 Å². The molecule has 0 unspecified atom stereocenters. The highest BCUT2D eigenvalue weighted by atomic mass is 15.1. The zero-order valence-corrected chi connectivity index (χ0v) is 12.7. The fourth-order valence-electron chi connectivity index (χ4n) is 2.53. The molecular formula is C16H20N4.